The second-order valence-corrected chi connectivity index (χ2v) is 9.62. The van der Waals surface area contributed by atoms with Gasteiger partial charge in [0.1, 0.15) is 11.7 Å². The van der Waals surface area contributed by atoms with Crippen molar-refractivity contribution < 1.29 is 23.9 Å². The summed E-state index contributed by atoms with van der Waals surface area (Å²) in [7, 11) is 1.18. The molecule has 0 aromatic heterocycles. The summed E-state index contributed by atoms with van der Waals surface area (Å²) >= 11 is 7.42. The third-order valence-corrected chi connectivity index (χ3v) is 6.64. The van der Waals surface area contributed by atoms with Gasteiger partial charge in [-0.25, -0.2) is 0 Å². The van der Waals surface area contributed by atoms with Crippen LogP contribution in [0.2, 0.25) is 5.02 Å². The lowest BCUT2D eigenvalue weighted by atomic mass is 9.78. The van der Waals surface area contributed by atoms with Gasteiger partial charge in [0.15, 0.2) is 0 Å². The van der Waals surface area contributed by atoms with Gasteiger partial charge in [-0.2, -0.15) is 5.26 Å². The molecule has 1 heterocycles. The van der Waals surface area contributed by atoms with E-state index in [2.05, 4.69) is 11.4 Å². The van der Waals surface area contributed by atoms with Gasteiger partial charge in [0.05, 0.1) is 41.2 Å². The average Bonchev–Trinajstić information content (AvgIpc) is 2.77. The molecule has 2 amide bonds. The van der Waals surface area contributed by atoms with Crippen molar-refractivity contribution in [1.29, 1.82) is 5.26 Å². The first kappa shape index (κ1) is 27.5. The predicted octanol–water partition coefficient (Wildman–Crippen LogP) is 3.86. The molecule has 0 saturated carbocycles. The van der Waals surface area contributed by atoms with Gasteiger partial charge in [-0.1, -0.05) is 29.4 Å². The number of allylic oxidation sites excluding steroid dienone is 1. The van der Waals surface area contributed by atoms with Crippen molar-refractivity contribution in [3.63, 3.8) is 0 Å². The van der Waals surface area contributed by atoms with Gasteiger partial charge in [0, 0.05) is 18.0 Å². The summed E-state index contributed by atoms with van der Waals surface area (Å²) in [6.45, 7) is 9.95. The highest BCUT2D eigenvalue weighted by Gasteiger charge is 2.44. The molecule has 0 unspecified atom stereocenters. The van der Waals surface area contributed by atoms with E-state index < -0.39 is 23.7 Å². The van der Waals surface area contributed by atoms with E-state index in [1.54, 1.807) is 23.1 Å². The highest BCUT2D eigenvalue weighted by atomic mass is 35.5. The lowest BCUT2D eigenvalue weighted by molar-refractivity contribution is -0.150. The summed E-state index contributed by atoms with van der Waals surface area (Å²) in [4.78, 5) is 40.1. The highest BCUT2D eigenvalue weighted by Crippen LogP contribution is 2.42. The summed E-state index contributed by atoms with van der Waals surface area (Å²) in [6.07, 6.45) is 0. The summed E-state index contributed by atoms with van der Waals surface area (Å²) in [5.41, 5.74) is 0.652. The highest BCUT2D eigenvalue weighted by molar-refractivity contribution is 8.03. The number of benzene rings is 1. The van der Waals surface area contributed by atoms with Crippen LogP contribution in [-0.2, 0) is 19.1 Å². The first-order valence-electron chi connectivity index (χ1n) is 11.0. The molecular weight excluding hydrogens is 478 g/mol. The number of carbonyl (C=O) groups is 3. The number of amides is 2. The van der Waals surface area contributed by atoms with Crippen molar-refractivity contribution in [3.8, 4) is 11.8 Å². The molecule has 1 aliphatic heterocycles. The van der Waals surface area contributed by atoms with Gasteiger partial charge in [-0.15, -0.1) is 0 Å². The Bertz CT molecular complexity index is 1010. The summed E-state index contributed by atoms with van der Waals surface area (Å²) in [5, 5.41) is 13.2. The molecule has 1 aromatic rings. The fourth-order valence-corrected chi connectivity index (χ4v) is 5.20. The number of halogens is 1. The molecule has 184 valence electrons. The van der Waals surface area contributed by atoms with Crippen LogP contribution in [0, 0.1) is 17.2 Å². The van der Waals surface area contributed by atoms with E-state index in [-0.39, 0.29) is 34.3 Å². The number of nitrogens with zero attached hydrogens (tertiary/aromatic N) is 2. The number of esters is 1. The van der Waals surface area contributed by atoms with E-state index >= 15 is 0 Å². The van der Waals surface area contributed by atoms with Crippen LogP contribution in [-0.4, -0.2) is 54.2 Å². The maximum atomic E-state index is 13.0. The van der Waals surface area contributed by atoms with Gasteiger partial charge in [0.2, 0.25) is 11.8 Å². The zero-order chi connectivity index (χ0) is 25.6. The van der Waals surface area contributed by atoms with Crippen LogP contribution in [0.4, 0.5) is 0 Å². The Kier molecular flexibility index (Phi) is 9.83. The van der Waals surface area contributed by atoms with Gasteiger partial charge < -0.3 is 19.7 Å². The monoisotopic (exact) mass is 507 g/mol. The Morgan fingerprint density at radius 1 is 1.26 bits per heavy atom. The van der Waals surface area contributed by atoms with Crippen molar-refractivity contribution >= 4 is 41.1 Å². The topological polar surface area (TPSA) is 109 Å². The lowest BCUT2D eigenvalue weighted by Gasteiger charge is -2.32. The Morgan fingerprint density at radius 3 is 2.41 bits per heavy atom. The molecule has 0 bridgehead atoms. The molecule has 0 saturated heterocycles. The second kappa shape index (κ2) is 12.1. The zero-order valence-corrected chi connectivity index (χ0v) is 21.7. The van der Waals surface area contributed by atoms with Gasteiger partial charge in [0.25, 0.3) is 0 Å². The molecular formula is C24H30ClN3O5S. The molecule has 2 rings (SSSR count). The Balaban J connectivity index is 2.50. The van der Waals surface area contributed by atoms with Crippen molar-refractivity contribution in [3.05, 3.63) is 39.4 Å². The number of methoxy groups -OCH3 is 1. The minimum atomic E-state index is -1.28. The molecule has 10 heteroatoms. The van der Waals surface area contributed by atoms with Crippen molar-refractivity contribution in [1.82, 2.24) is 10.2 Å². The summed E-state index contributed by atoms with van der Waals surface area (Å²) in [5.74, 6) is -3.24. The number of carbonyl (C=O) groups excluding carboxylic acids is 3. The van der Waals surface area contributed by atoms with Crippen LogP contribution in [0.1, 0.15) is 46.1 Å². The van der Waals surface area contributed by atoms with E-state index in [4.69, 9.17) is 21.1 Å². The van der Waals surface area contributed by atoms with Crippen LogP contribution < -0.4 is 10.1 Å². The number of hydrogen-bond donors (Lipinski definition) is 1. The number of ether oxygens (including phenoxy) is 2. The van der Waals surface area contributed by atoms with Crippen LogP contribution in [0.3, 0.4) is 0 Å². The van der Waals surface area contributed by atoms with Crippen molar-refractivity contribution in [2.45, 2.75) is 52.6 Å². The third kappa shape index (κ3) is 6.05. The van der Waals surface area contributed by atoms with E-state index in [1.165, 1.54) is 7.11 Å². The maximum absolute atomic E-state index is 13.0. The predicted molar refractivity (Wildman–Crippen MR) is 131 cm³/mol. The van der Waals surface area contributed by atoms with E-state index in [9.17, 15) is 19.6 Å². The smallest absolute Gasteiger partial charge is 0.319 e. The number of nitrogens with one attached hydrogen (secondary N) is 1. The minimum absolute atomic E-state index is 0.000846. The fourth-order valence-electron chi connectivity index (χ4n) is 4.04. The largest absolute Gasteiger partial charge is 0.492 e. The molecule has 34 heavy (non-hydrogen) atoms. The molecule has 0 aliphatic carbocycles. The fraction of sp³-hybridized carbons (Fsp3) is 0.500. The zero-order valence-electron chi connectivity index (χ0n) is 20.2. The molecule has 1 aromatic carbocycles. The molecule has 1 N–H and O–H groups in total. The lowest BCUT2D eigenvalue weighted by Crippen LogP contribution is -2.45. The summed E-state index contributed by atoms with van der Waals surface area (Å²) < 4.78 is 10.3. The van der Waals surface area contributed by atoms with Crippen LogP contribution in [0.15, 0.2) is 28.8 Å². The number of rotatable bonds is 9. The Hall–Kier alpha value is -2.70. The molecule has 0 fully saturated rings. The second-order valence-electron chi connectivity index (χ2n) is 8.22. The molecule has 0 radical (unpaired) electrons. The van der Waals surface area contributed by atoms with E-state index in [0.29, 0.717) is 22.9 Å². The number of hydrogen-bond acceptors (Lipinski definition) is 7. The van der Waals surface area contributed by atoms with Gasteiger partial charge in [-0.3, -0.25) is 14.4 Å². The average molecular weight is 508 g/mol. The molecule has 0 spiro atoms. The minimum Gasteiger partial charge on any atom is -0.492 e. The molecule has 1 aliphatic rings. The maximum Gasteiger partial charge on any atom is 0.319 e. The normalized spacial score (nSPS) is 17.9. The first-order chi connectivity index (χ1) is 16.1. The standard InChI is InChI=1S/C24H30ClN3O5S/c1-7-33-18-9-8-15(10-17(18)25)20-16(11-26)23(27-22(30)21(20)24(31)32-6)34-12-19(29)28(13(2)3)14(4)5/h8-10,13-14,20-21H,7,12H2,1-6H3,(H,27,30)/t20-,21-/m1/s1. The molecule has 2 atom stereocenters. The molecule has 8 nitrogen and oxygen atoms in total. The first-order valence-corrected chi connectivity index (χ1v) is 12.3. The van der Waals surface area contributed by atoms with E-state index in [1.807, 2.05) is 34.6 Å². The van der Waals surface area contributed by atoms with Gasteiger partial charge in [-0.05, 0) is 52.3 Å². The summed E-state index contributed by atoms with van der Waals surface area (Å²) in [6, 6.07) is 7.01. The van der Waals surface area contributed by atoms with Crippen LogP contribution in [0.25, 0.3) is 0 Å². The number of nitriles is 1. The van der Waals surface area contributed by atoms with Crippen LogP contribution in [0.5, 0.6) is 5.75 Å². The quantitative estimate of drug-likeness (QED) is 0.399. The Morgan fingerprint density at radius 2 is 1.91 bits per heavy atom. The van der Waals surface area contributed by atoms with Crippen molar-refractivity contribution in [2.75, 3.05) is 19.5 Å². The van der Waals surface area contributed by atoms with Gasteiger partial charge >= 0.3 is 5.97 Å². The van der Waals surface area contributed by atoms with Crippen molar-refractivity contribution in [2.24, 2.45) is 5.92 Å². The number of thioether (sulfide) groups is 1. The Labute approximate surface area is 209 Å². The van der Waals surface area contributed by atoms with Crippen LogP contribution >= 0.6 is 23.4 Å². The SMILES string of the molecule is CCOc1ccc([C@@H]2C(C#N)=C(SCC(=O)N(C(C)C)C(C)C)NC(=O)[C@@H]2C(=O)OC)cc1Cl. The van der Waals surface area contributed by atoms with E-state index in [0.717, 1.165) is 11.8 Å². The third-order valence-electron chi connectivity index (χ3n) is 5.34.